The van der Waals surface area contributed by atoms with Crippen molar-refractivity contribution in [2.24, 2.45) is 0 Å². The van der Waals surface area contributed by atoms with E-state index in [0.29, 0.717) is 13.2 Å². The van der Waals surface area contributed by atoms with E-state index in [9.17, 15) is 0 Å². The number of pyridine rings is 1. The van der Waals surface area contributed by atoms with Crippen molar-refractivity contribution in [3.8, 4) is 11.5 Å². The van der Waals surface area contributed by atoms with Gasteiger partial charge in [0.2, 0.25) is 0 Å². The van der Waals surface area contributed by atoms with Gasteiger partial charge < -0.3 is 14.8 Å². The minimum atomic E-state index is 0.502. The van der Waals surface area contributed by atoms with Crippen LogP contribution in [0.15, 0.2) is 48.8 Å². The summed E-state index contributed by atoms with van der Waals surface area (Å²) in [5.74, 6) is 1.62. The summed E-state index contributed by atoms with van der Waals surface area (Å²) in [6, 6.07) is 11.8. The summed E-state index contributed by atoms with van der Waals surface area (Å²) >= 11 is 0. The molecule has 0 atom stereocenters. The number of rotatable bonds is 7. The Morgan fingerprint density at radius 1 is 1.05 bits per heavy atom. The predicted octanol–water partition coefficient (Wildman–Crippen LogP) is 2.26. The van der Waals surface area contributed by atoms with E-state index in [0.717, 1.165) is 18.0 Å². The van der Waals surface area contributed by atoms with Crippen LogP contribution in [0.25, 0.3) is 0 Å². The standard InChI is InChI=1S/C15H18N2O2/c1-16-11-13-4-2-5-14(10-13)18-8-9-19-15-6-3-7-17-12-15/h2-7,10,12,16H,8-9,11H2,1H3. The minimum absolute atomic E-state index is 0.502. The van der Waals surface area contributed by atoms with Crippen LogP contribution < -0.4 is 14.8 Å². The number of nitrogens with zero attached hydrogens (tertiary/aromatic N) is 1. The van der Waals surface area contributed by atoms with Crippen LogP contribution in [0.1, 0.15) is 5.56 Å². The van der Waals surface area contributed by atoms with Crippen LogP contribution in [-0.4, -0.2) is 25.2 Å². The smallest absolute Gasteiger partial charge is 0.137 e. The molecule has 100 valence electrons. The van der Waals surface area contributed by atoms with Crippen LogP contribution in [0.4, 0.5) is 0 Å². The van der Waals surface area contributed by atoms with Gasteiger partial charge in [-0.2, -0.15) is 0 Å². The summed E-state index contributed by atoms with van der Waals surface area (Å²) in [6.45, 7) is 1.85. The number of nitrogens with one attached hydrogen (secondary N) is 1. The molecule has 2 rings (SSSR count). The Bertz CT molecular complexity index is 489. The van der Waals surface area contributed by atoms with Crippen LogP contribution in [0.2, 0.25) is 0 Å². The van der Waals surface area contributed by atoms with E-state index in [1.165, 1.54) is 5.56 Å². The van der Waals surface area contributed by atoms with Gasteiger partial charge in [-0.05, 0) is 36.9 Å². The molecule has 0 saturated heterocycles. The van der Waals surface area contributed by atoms with Gasteiger partial charge in [-0.3, -0.25) is 4.98 Å². The van der Waals surface area contributed by atoms with Crippen molar-refractivity contribution in [3.63, 3.8) is 0 Å². The molecule has 0 saturated carbocycles. The summed E-state index contributed by atoms with van der Waals surface area (Å²) in [5.41, 5.74) is 1.20. The molecule has 0 bridgehead atoms. The third-order valence-electron chi connectivity index (χ3n) is 2.53. The van der Waals surface area contributed by atoms with E-state index in [4.69, 9.17) is 9.47 Å². The van der Waals surface area contributed by atoms with E-state index < -0.39 is 0 Å². The fraction of sp³-hybridized carbons (Fsp3) is 0.267. The topological polar surface area (TPSA) is 43.4 Å². The number of ether oxygens (including phenoxy) is 2. The molecule has 2 aromatic rings. The zero-order valence-electron chi connectivity index (χ0n) is 11.0. The van der Waals surface area contributed by atoms with Crippen LogP contribution in [0.3, 0.4) is 0 Å². The maximum absolute atomic E-state index is 5.64. The first-order valence-electron chi connectivity index (χ1n) is 6.27. The molecular formula is C15H18N2O2. The quantitative estimate of drug-likeness (QED) is 0.774. The lowest BCUT2D eigenvalue weighted by Gasteiger charge is -2.09. The van der Waals surface area contributed by atoms with Crippen molar-refractivity contribution in [3.05, 3.63) is 54.4 Å². The van der Waals surface area contributed by atoms with E-state index in [-0.39, 0.29) is 0 Å². The molecule has 4 heteroatoms. The molecule has 0 aliphatic rings. The monoisotopic (exact) mass is 258 g/mol. The Morgan fingerprint density at radius 2 is 1.84 bits per heavy atom. The second kappa shape index (κ2) is 7.38. The summed E-state index contributed by atoms with van der Waals surface area (Å²) in [6.07, 6.45) is 3.41. The molecule has 1 aromatic carbocycles. The van der Waals surface area contributed by atoms with Crippen molar-refractivity contribution < 1.29 is 9.47 Å². The number of aromatic nitrogens is 1. The van der Waals surface area contributed by atoms with Crippen molar-refractivity contribution in [1.82, 2.24) is 10.3 Å². The second-order valence-electron chi connectivity index (χ2n) is 4.06. The molecule has 0 aliphatic heterocycles. The van der Waals surface area contributed by atoms with E-state index in [2.05, 4.69) is 16.4 Å². The fourth-order valence-electron chi connectivity index (χ4n) is 1.70. The predicted molar refractivity (Wildman–Crippen MR) is 74.4 cm³/mol. The molecule has 0 aliphatic carbocycles. The maximum Gasteiger partial charge on any atom is 0.137 e. The number of benzene rings is 1. The lowest BCUT2D eigenvalue weighted by Crippen LogP contribution is -2.09. The lowest BCUT2D eigenvalue weighted by atomic mass is 10.2. The Hall–Kier alpha value is -2.07. The number of hydrogen-bond acceptors (Lipinski definition) is 4. The minimum Gasteiger partial charge on any atom is -0.490 e. The van der Waals surface area contributed by atoms with Gasteiger partial charge in [-0.1, -0.05) is 12.1 Å². The van der Waals surface area contributed by atoms with Gasteiger partial charge in [0.05, 0.1) is 6.20 Å². The van der Waals surface area contributed by atoms with Crippen LogP contribution in [0, 0.1) is 0 Å². The largest absolute Gasteiger partial charge is 0.490 e. The van der Waals surface area contributed by atoms with Crippen molar-refractivity contribution >= 4 is 0 Å². The van der Waals surface area contributed by atoms with Gasteiger partial charge in [-0.25, -0.2) is 0 Å². The lowest BCUT2D eigenvalue weighted by molar-refractivity contribution is 0.216. The first-order valence-corrected chi connectivity index (χ1v) is 6.27. The zero-order valence-corrected chi connectivity index (χ0v) is 11.0. The average molecular weight is 258 g/mol. The van der Waals surface area contributed by atoms with Gasteiger partial charge in [0.15, 0.2) is 0 Å². The Balaban J connectivity index is 1.75. The Labute approximate surface area is 113 Å². The van der Waals surface area contributed by atoms with Gasteiger partial charge in [0.25, 0.3) is 0 Å². The van der Waals surface area contributed by atoms with Crippen LogP contribution >= 0.6 is 0 Å². The van der Waals surface area contributed by atoms with Crippen molar-refractivity contribution in [1.29, 1.82) is 0 Å². The SMILES string of the molecule is CNCc1cccc(OCCOc2cccnc2)c1. The van der Waals surface area contributed by atoms with Crippen LogP contribution in [-0.2, 0) is 6.54 Å². The molecule has 1 heterocycles. The molecule has 0 amide bonds. The molecule has 0 spiro atoms. The zero-order chi connectivity index (χ0) is 13.3. The molecule has 1 N–H and O–H groups in total. The van der Waals surface area contributed by atoms with E-state index in [1.807, 2.05) is 37.4 Å². The van der Waals surface area contributed by atoms with Gasteiger partial charge in [-0.15, -0.1) is 0 Å². The molecule has 1 aromatic heterocycles. The van der Waals surface area contributed by atoms with Crippen molar-refractivity contribution in [2.75, 3.05) is 20.3 Å². The summed E-state index contributed by atoms with van der Waals surface area (Å²) < 4.78 is 11.1. The molecule has 4 nitrogen and oxygen atoms in total. The first kappa shape index (κ1) is 13.4. The molecular weight excluding hydrogens is 240 g/mol. The second-order valence-corrected chi connectivity index (χ2v) is 4.06. The summed E-state index contributed by atoms with van der Waals surface area (Å²) in [4.78, 5) is 3.98. The highest BCUT2D eigenvalue weighted by molar-refractivity contribution is 5.28. The maximum atomic E-state index is 5.64. The third kappa shape index (κ3) is 4.60. The summed E-state index contributed by atoms with van der Waals surface area (Å²) in [5, 5.41) is 3.11. The van der Waals surface area contributed by atoms with Crippen LogP contribution in [0.5, 0.6) is 11.5 Å². The van der Waals surface area contributed by atoms with Crippen molar-refractivity contribution in [2.45, 2.75) is 6.54 Å². The summed E-state index contributed by atoms with van der Waals surface area (Å²) in [7, 11) is 1.93. The molecule has 0 unspecified atom stereocenters. The average Bonchev–Trinajstić information content (AvgIpc) is 2.46. The van der Waals surface area contributed by atoms with Gasteiger partial charge in [0, 0.05) is 12.7 Å². The first-order chi connectivity index (χ1) is 9.38. The van der Waals surface area contributed by atoms with E-state index in [1.54, 1.807) is 12.4 Å². The Morgan fingerprint density at radius 3 is 2.58 bits per heavy atom. The number of hydrogen-bond donors (Lipinski definition) is 1. The highest BCUT2D eigenvalue weighted by atomic mass is 16.5. The normalized spacial score (nSPS) is 10.2. The fourth-order valence-corrected chi connectivity index (χ4v) is 1.70. The molecule has 0 fully saturated rings. The van der Waals surface area contributed by atoms with Gasteiger partial charge >= 0.3 is 0 Å². The van der Waals surface area contributed by atoms with E-state index >= 15 is 0 Å². The third-order valence-corrected chi connectivity index (χ3v) is 2.53. The molecule has 0 radical (unpaired) electrons. The molecule has 19 heavy (non-hydrogen) atoms. The van der Waals surface area contributed by atoms with Gasteiger partial charge in [0.1, 0.15) is 24.7 Å². The highest BCUT2D eigenvalue weighted by Gasteiger charge is 1.97. The highest BCUT2D eigenvalue weighted by Crippen LogP contribution is 2.13. The Kier molecular flexibility index (Phi) is 5.19.